The largest absolute Gasteiger partial charge is 0.494 e. The third-order valence-electron chi connectivity index (χ3n) is 3.91. The molecule has 1 aromatic carbocycles. The molecule has 1 heterocycles. The minimum Gasteiger partial charge on any atom is -0.494 e. The van der Waals surface area contributed by atoms with E-state index < -0.39 is 0 Å². The first-order valence-electron chi connectivity index (χ1n) is 8.89. The van der Waals surface area contributed by atoms with E-state index in [0.717, 1.165) is 31.4 Å². The number of hydrogen-bond donors (Lipinski definition) is 0. The first-order valence-corrected chi connectivity index (χ1v) is 8.89. The van der Waals surface area contributed by atoms with E-state index in [4.69, 9.17) is 4.74 Å². The molecule has 0 N–H and O–H groups in total. The van der Waals surface area contributed by atoms with E-state index in [1.807, 2.05) is 20.8 Å². The Balaban J connectivity index is 0.00000116. The molecule has 2 rings (SSSR count). The lowest BCUT2D eigenvalue weighted by atomic mass is 10.1. The van der Waals surface area contributed by atoms with Crippen LogP contribution in [0.3, 0.4) is 0 Å². The van der Waals surface area contributed by atoms with Crippen LogP contribution in [0, 0.1) is 5.92 Å². The zero-order valence-corrected chi connectivity index (χ0v) is 15.1. The minimum atomic E-state index is 0.730. The summed E-state index contributed by atoms with van der Waals surface area (Å²) in [6, 6.07) is 8.50. The van der Waals surface area contributed by atoms with Gasteiger partial charge in [-0.3, -0.25) is 4.90 Å². The zero-order chi connectivity index (χ0) is 16.4. The molecule has 0 unspecified atom stereocenters. The maximum atomic E-state index is 5.49. The van der Waals surface area contributed by atoms with Gasteiger partial charge in [0.25, 0.3) is 0 Å². The molecule has 0 aliphatic carbocycles. The summed E-state index contributed by atoms with van der Waals surface area (Å²) in [7, 11) is 0. The second-order valence-electron chi connectivity index (χ2n) is 5.94. The lowest BCUT2D eigenvalue weighted by Crippen LogP contribution is -2.46. The average Bonchev–Trinajstić information content (AvgIpc) is 2.56. The average molecular weight is 306 g/mol. The van der Waals surface area contributed by atoms with Crippen LogP contribution in [-0.4, -0.2) is 44.2 Å². The molecule has 0 amide bonds. The molecule has 1 fully saturated rings. The summed E-state index contributed by atoms with van der Waals surface area (Å²) in [5, 5.41) is 0. The van der Waals surface area contributed by atoms with E-state index in [-0.39, 0.29) is 0 Å². The quantitative estimate of drug-likeness (QED) is 0.780. The van der Waals surface area contributed by atoms with Crippen LogP contribution in [0.1, 0.15) is 41.0 Å². The van der Waals surface area contributed by atoms with Crippen molar-refractivity contribution in [2.75, 3.05) is 44.2 Å². The van der Waals surface area contributed by atoms with E-state index in [0.29, 0.717) is 0 Å². The van der Waals surface area contributed by atoms with Crippen LogP contribution >= 0.6 is 0 Å². The van der Waals surface area contributed by atoms with Gasteiger partial charge in [-0.1, -0.05) is 27.7 Å². The molecule has 126 valence electrons. The first-order chi connectivity index (χ1) is 10.7. The van der Waals surface area contributed by atoms with E-state index in [9.17, 15) is 0 Å². The molecule has 1 aliphatic heterocycles. The van der Waals surface area contributed by atoms with Gasteiger partial charge < -0.3 is 9.64 Å². The minimum absolute atomic E-state index is 0.730. The summed E-state index contributed by atoms with van der Waals surface area (Å²) in [5.74, 6) is 1.77. The van der Waals surface area contributed by atoms with Crippen LogP contribution < -0.4 is 9.64 Å². The Morgan fingerprint density at radius 3 is 2.09 bits per heavy atom. The Morgan fingerprint density at radius 2 is 1.59 bits per heavy atom. The van der Waals surface area contributed by atoms with Crippen molar-refractivity contribution in [3.8, 4) is 5.75 Å². The number of nitrogens with zero attached hydrogens (tertiary/aromatic N) is 2. The normalized spacial score (nSPS) is 15.5. The molecule has 1 aliphatic rings. The van der Waals surface area contributed by atoms with Gasteiger partial charge in [0.1, 0.15) is 5.75 Å². The molecule has 0 spiro atoms. The second-order valence-corrected chi connectivity index (χ2v) is 5.94. The van der Waals surface area contributed by atoms with Gasteiger partial charge >= 0.3 is 0 Å². The van der Waals surface area contributed by atoms with Crippen molar-refractivity contribution in [1.29, 1.82) is 0 Å². The van der Waals surface area contributed by atoms with Gasteiger partial charge in [0.15, 0.2) is 0 Å². The highest BCUT2D eigenvalue weighted by atomic mass is 16.5. The van der Waals surface area contributed by atoms with Crippen LogP contribution in [0.15, 0.2) is 24.3 Å². The fraction of sp³-hybridized carbons (Fsp3) is 0.684. The van der Waals surface area contributed by atoms with Crippen molar-refractivity contribution < 1.29 is 4.74 Å². The first kappa shape index (κ1) is 18.8. The fourth-order valence-electron chi connectivity index (χ4n) is 2.59. The Bertz CT molecular complexity index is 381. The highest BCUT2D eigenvalue weighted by molar-refractivity contribution is 5.49. The maximum Gasteiger partial charge on any atom is 0.119 e. The third-order valence-corrected chi connectivity index (χ3v) is 3.91. The van der Waals surface area contributed by atoms with Crippen molar-refractivity contribution in [2.24, 2.45) is 5.92 Å². The summed E-state index contributed by atoms with van der Waals surface area (Å²) in [4.78, 5) is 5.06. The number of anilines is 1. The lowest BCUT2D eigenvalue weighted by molar-refractivity contribution is 0.243. The van der Waals surface area contributed by atoms with Gasteiger partial charge in [0, 0.05) is 31.9 Å². The molecule has 0 aromatic heterocycles. The second kappa shape index (κ2) is 10.5. The third kappa shape index (κ3) is 6.27. The number of ether oxygens (including phenoxy) is 1. The predicted molar refractivity (Wildman–Crippen MR) is 97.1 cm³/mol. The SMILES string of the molecule is CC.CCOc1ccc(N2CCN(CCC(C)C)CC2)cc1. The molecular formula is C19H34N2O. The molecule has 1 aromatic rings. The Morgan fingerprint density at radius 1 is 1.00 bits per heavy atom. The maximum absolute atomic E-state index is 5.49. The van der Waals surface area contributed by atoms with Crippen LogP contribution in [0.4, 0.5) is 5.69 Å². The Labute approximate surface area is 137 Å². The van der Waals surface area contributed by atoms with Gasteiger partial charge in [-0.05, 0) is 50.1 Å². The number of rotatable bonds is 6. The molecule has 0 saturated carbocycles. The van der Waals surface area contributed by atoms with Gasteiger partial charge in [-0.15, -0.1) is 0 Å². The Kier molecular flexibility index (Phi) is 8.98. The molecular weight excluding hydrogens is 272 g/mol. The van der Waals surface area contributed by atoms with Crippen LogP contribution in [0.25, 0.3) is 0 Å². The monoisotopic (exact) mass is 306 g/mol. The topological polar surface area (TPSA) is 15.7 Å². The highest BCUT2D eigenvalue weighted by Crippen LogP contribution is 2.21. The molecule has 0 atom stereocenters. The van der Waals surface area contributed by atoms with Gasteiger partial charge in [0.2, 0.25) is 0 Å². The van der Waals surface area contributed by atoms with E-state index in [1.165, 1.54) is 31.7 Å². The standard InChI is InChI=1S/C17H28N2O.C2H6/c1-4-20-17-7-5-16(6-8-17)19-13-11-18(12-14-19)10-9-15(2)3;1-2/h5-8,15H,4,9-14H2,1-3H3;1-2H3. The van der Waals surface area contributed by atoms with Crippen LogP contribution in [-0.2, 0) is 0 Å². The lowest BCUT2D eigenvalue weighted by Gasteiger charge is -2.36. The Hall–Kier alpha value is -1.22. The predicted octanol–water partition coefficient (Wildman–Crippen LogP) is 4.28. The molecule has 1 saturated heterocycles. The van der Waals surface area contributed by atoms with Gasteiger partial charge in [0.05, 0.1) is 6.61 Å². The fourth-order valence-corrected chi connectivity index (χ4v) is 2.59. The number of piperazine rings is 1. The number of benzene rings is 1. The smallest absolute Gasteiger partial charge is 0.119 e. The van der Waals surface area contributed by atoms with Crippen molar-refractivity contribution in [3.05, 3.63) is 24.3 Å². The summed E-state index contributed by atoms with van der Waals surface area (Å²) in [6.45, 7) is 17.2. The molecule has 3 heteroatoms. The summed E-state index contributed by atoms with van der Waals surface area (Å²) < 4.78 is 5.49. The summed E-state index contributed by atoms with van der Waals surface area (Å²) >= 11 is 0. The van der Waals surface area contributed by atoms with E-state index in [2.05, 4.69) is 47.9 Å². The molecule has 3 nitrogen and oxygen atoms in total. The van der Waals surface area contributed by atoms with Crippen molar-refractivity contribution in [3.63, 3.8) is 0 Å². The van der Waals surface area contributed by atoms with Crippen molar-refractivity contribution >= 4 is 5.69 Å². The van der Waals surface area contributed by atoms with E-state index >= 15 is 0 Å². The van der Waals surface area contributed by atoms with Crippen molar-refractivity contribution in [2.45, 2.75) is 41.0 Å². The molecule has 0 radical (unpaired) electrons. The van der Waals surface area contributed by atoms with E-state index in [1.54, 1.807) is 0 Å². The number of hydrogen-bond acceptors (Lipinski definition) is 3. The van der Waals surface area contributed by atoms with Gasteiger partial charge in [-0.2, -0.15) is 0 Å². The van der Waals surface area contributed by atoms with Crippen LogP contribution in [0.2, 0.25) is 0 Å². The molecule has 22 heavy (non-hydrogen) atoms. The highest BCUT2D eigenvalue weighted by Gasteiger charge is 2.17. The summed E-state index contributed by atoms with van der Waals surface area (Å²) in [6.07, 6.45) is 1.31. The van der Waals surface area contributed by atoms with Gasteiger partial charge in [-0.25, -0.2) is 0 Å². The zero-order valence-electron chi connectivity index (χ0n) is 15.1. The van der Waals surface area contributed by atoms with Crippen molar-refractivity contribution in [1.82, 2.24) is 4.90 Å². The summed E-state index contributed by atoms with van der Waals surface area (Å²) in [5.41, 5.74) is 1.32. The van der Waals surface area contributed by atoms with Crippen LogP contribution in [0.5, 0.6) is 5.75 Å². The molecule has 0 bridgehead atoms.